The summed E-state index contributed by atoms with van der Waals surface area (Å²) >= 11 is 1.70. The summed E-state index contributed by atoms with van der Waals surface area (Å²) in [4.78, 5) is 31.7. The van der Waals surface area contributed by atoms with E-state index in [2.05, 4.69) is 30.0 Å². The van der Waals surface area contributed by atoms with Gasteiger partial charge in [0.15, 0.2) is 5.13 Å². The Labute approximate surface area is 178 Å². The summed E-state index contributed by atoms with van der Waals surface area (Å²) in [5.41, 5.74) is 3.15. The zero-order valence-electron chi connectivity index (χ0n) is 16.7. The van der Waals surface area contributed by atoms with Crippen LogP contribution in [0.5, 0.6) is 0 Å². The van der Waals surface area contributed by atoms with E-state index in [9.17, 15) is 14.9 Å². The highest BCUT2D eigenvalue weighted by atomic mass is 32.1. The first-order valence-electron chi connectivity index (χ1n) is 9.90. The highest BCUT2D eigenvalue weighted by Gasteiger charge is 2.22. The topological polar surface area (TPSA) is 79.6 Å². The molecule has 0 bridgehead atoms. The third-order valence-corrected chi connectivity index (χ3v) is 6.34. The molecule has 0 aliphatic carbocycles. The van der Waals surface area contributed by atoms with Crippen LogP contribution in [-0.2, 0) is 11.2 Å². The Morgan fingerprint density at radius 1 is 1.17 bits per heavy atom. The maximum atomic E-state index is 12.5. The van der Waals surface area contributed by atoms with Crippen molar-refractivity contribution in [3.05, 3.63) is 69.8 Å². The van der Waals surface area contributed by atoms with E-state index in [1.165, 1.54) is 28.5 Å². The molecule has 0 spiro atoms. The van der Waals surface area contributed by atoms with Crippen LogP contribution in [0.1, 0.15) is 18.1 Å². The van der Waals surface area contributed by atoms with Crippen molar-refractivity contribution < 1.29 is 9.72 Å². The molecule has 0 unspecified atom stereocenters. The van der Waals surface area contributed by atoms with Crippen molar-refractivity contribution in [2.45, 2.75) is 13.3 Å². The van der Waals surface area contributed by atoms with Crippen molar-refractivity contribution in [2.75, 3.05) is 31.1 Å². The van der Waals surface area contributed by atoms with Gasteiger partial charge < -0.3 is 9.80 Å². The Balaban J connectivity index is 1.37. The lowest BCUT2D eigenvalue weighted by atomic mass is 10.1. The molecule has 0 saturated carbocycles. The largest absolute Gasteiger partial charge is 0.345 e. The fourth-order valence-electron chi connectivity index (χ4n) is 3.51. The molecule has 2 aromatic carbocycles. The maximum Gasteiger partial charge on any atom is 0.269 e. The first-order valence-corrected chi connectivity index (χ1v) is 10.7. The van der Waals surface area contributed by atoms with Gasteiger partial charge in [0, 0.05) is 44.4 Å². The number of aromatic nitrogens is 1. The highest BCUT2D eigenvalue weighted by molar-refractivity contribution is 7.22. The molecule has 7 nitrogen and oxygen atoms in total. The molecule has 154 valence electrons. The molecule has 1 aromatic heterocycles. The highest BCUT2D eigenvalue weighted by Crippen LogP contribution is 2.31. The summed E-state index contributed by atoms with van der Waals surface area (Å²) in [7, 11) is 0. The second kappa shape index (κ2) is 8.62. The van der Waals surface area contributed by atoms with Crippen LogP contribution in [0.2, 0.25) is 0 Å². The molecule has 1 amide bonds. The summed E-state index contributed by atoms with van der Waals surface area (Å²) < 4.78 is 1.20. The van der Waals surface area contributed by atoms with Gasteiger partial charge in [-0.1, -0.05) is 30.4 Å². The van der Waals surface area contributed by atoms with E-state index in [-0.39, 0.29) is 11.6 Å². The Hall–Kier alpha value is -3.26. The van der Waals surface area contributed by atoms with E-state index in [0.29, 0.717) is 13.1 Å². The van der Waals surface area contributed by atoms with E-state index < -0.39 is 4.92 Å². The van der Waals surface area contributed by atoms with Gasteiger partial charge in [0.05, 0.1) is 15.1 Å². The first kappa shape index (κ1) is 20.0. The normalized spacial score (nSPS) is 14.6. The van der Waals surface area contributed by atoms with Gasteiger partial charge in [0.1, 0.15) is 0 Å². The summed E-state index contributed by atoms with van der Waals surface area (Å²) in [6, 6.07) is 12.5. The summed E-state index contributed by atoms with van der Waals surface area (Å²) in [5, 5.41) is 11.7. The van der Waals surface area contributed by atoms with E-state index in [0.717, 1.165) is 35.7 Å². The number of hydrogen-bond donors (Lipinski definition) is 0. The molecule has 0 radical (unpaired) electrons. The number of carbonyl (C=O) groups is 1. The monoisotopic (exact) mass is 422 g/mol. The molecule has 1 aliphatic heterocycles. The predicted molar refractivity (Wildman–Crippen MR) is 120 cm³/mol. The average molecular weight is 423 g/mol. The van der Waals surface area contributed by atoms with Gasteiger partial charge in [-0.05, 0) is 41.8 Å². The molecule has 8 heteroatoms. The van der Waals surface area contributed by atoms with Crippen LogP contribution in [0, 0.1) is 10.1 Å². The number of anilines is 1. The number of rotatable bonds is 5. The van der Waals surface area contributed by atoms with Crippen LogP contribution in [0.3, 0.4) is 0 Å². The lowest BCUT2D eigenvalue weighted by Crippen LogP contribution is -2.48. The van der Waals surface area contributed by atoms with E-state index in [4.69, 9.17) is 4.98 Å². The van der Waals surface area contributed by atoms with Crippen LogP contribution in [0.15, 0.2) is 48.5 Å². The van der Waals surface area contributed by atoms with Gasteiger partial charge in [0.2, 0.25) is 5.91 Å². The summed E-state index contributed by atoms with van der Waals surface area (Å²) in [6.07, 6.45) is 4.18. The third kappa shape index (κ3) is 4.18. The number of aryl methyl sites for hydroxylation is 1. The summed E-state index contributed by atoms with van der Waals surface area (Å²) in [5.74, 6) is -0.0504. The minimum absolute atomic E-state index is 0.0375. The van der Waals surface area contributed by atoms with Crippen LogP contribution in [0.4, 0.5) is 10.8 Å². The molecule has 1 fully saturated rings. The van der Waals surface area contributed by atoms with Crippen LogP contribution in [-0.4, -0.2) is 46.9 Å². The SMILES string of the molecule is CCc1cccc2sc(N3CCN(C(=O)/C=C\c4ccc([N+](=O)[O-])cc4)CC3)nc12. The minimum Gasteiger partial charge on any atom is -0.345 e. The number of hydrogen-bond acceptors (Lipinski definition) is 6. The Morgan fingerprint density at radius 2 is 1.90 bits per heavy atom. The summed E-state index contributed by atoms with van der Waals surface area (Å²) in [6.45, 7) is 4.92. The number of piperazine rings is 1. The number of non-ortho nitro benzene ring substituents is 1. The minimum atomic E-state index is -0.438. The Kier molecular flexibility index (Phi) is 5.76. The Bertz CT molecular complexity index is 1100. The van der Waals surface area contributed by atoms with Crippen LogP contribution >= 0.6 is 11.3 Å². The number of amides is 1. The van der Waals surface area contributed by atoms with Crippen molar-refractivity contribution in [2.24, 2.45) is 0 Å². The van der Waals surface area contributed by atoms with Gasteiger partial charge >= 0.3 is 0 Å². The fourth-order valence-corrected chi connectivity index (χ4v) is 4.58. The lowest BCUT2D eigenvalue weighted by molar-refractivity contribution is -0.384. The van der Waals surface area contributed by atoms with Gasteiger partial charge in [-0.3, -0.25) is 14.9 Å². The maximum absolute atomic E-state index is 12.5. The van der Waals surface area contributed by atoms with E-state index >= 15 is 0 Å². The number of thiazole rings is 1. The van der Waals surface area contributed by atoms with Crippen molar-refractivity contribution in [3.8, 4) is 0 Å². The lowest BCUT2D eigenvalue weighted by Gasteiger charge is -2.34. The number of fused-ring (bicyclic) bond motifs is 1. The van der Waals surface area contributed by atoms with Gasteiger partial charge in [0.25, 0.3) is 5.69 Å². The molecule has 0 N–H and O–H groups in total. The number of nitrogens with zero attached hydrogens (tertiary/aromatic N) is 4. The smallest absolute Gasteiger partial charge is 0.269 e. The zero-order chi connectivity index (χ0) is 21.1. The molecule has 2 heterocycles. The first-order chi connectivity index (χ1) is 14.5. The van der Waals surface area contributed by atoms with Crippen LogP contribution in [0.25, 0.3) is 16.3 Å². The zero-order valence-corrected chi connectivity index (χ0v) is 17.5. The van der Waals surface area contributed by atoms with Gasteiger partial charge in [-0.25, -0.2) is 4.98 Å². The second-order valence-corrected chi connectivity index (χ2v) is 8.12. The third-order valence-electron chi connectivity index (χ3n) is 5.26. The number of nitro groups is 1. The van der Waals surface area contributed by atoms with Crippen molar-refractivity contribution in [1.29, 1.82) is 0 Å². The van der Waals surface area contributed by atoms with E-state index in [1.807, 2.05) is 4.90 Å². The van der Waals surface area contributed by atoms with Crippen LogP contribution < -0.4 is 4.90 Å². The number of nitro benzene ring substituents is 1. The number of para-hydroxylation sites is 1. The molecule has 1 saturated heterocycles. The fraction of sp³-hybridized carbons (Fsp3) is 0.273. The van der Waals surface area contributed by atoms with E-state index in [1.54, 1.807) is 29.5 Å². The quantitative estimate of drug-likeness (QED) is 0.351. The van der Waals surface area contributed by atoms with Gasteiger partial charge in [-0.2, -0.15) is 0 Å². The second-order valence-electron chi connectivity index (χ2n) is 7.11. The van der Waals surface area contributed by atoms with Crippen molar-refractivity contribution in [3.63, 3.8) is 0 Å². The molecule has 30 heavy (non-hydrogen) atoms. The number of carbonyl (C=O) groups excluding carboxylic acids is 1. The van der Waals surface area contributed by atoms with Crippen molar-refractivity contribution in [1.82, 2.24) is 9.88 Å². The van der Waals surface area contributed by atoms with Crippen molar-refractivity contribution >= 4 is 44.4 Å². The molecule has 0 atom stereocenters. The molecule has 3 aromatic rings. The number of benzene rings is 2. The van der Waals surface area contributed by atoms with Gasteiger partial charge in [-0.15, -0.1) is 0 Å². The standard InChI is InChI=1S/C22H22N4O3S/c1-2-17-4-3-5-19-21(17)23-22(30-19)25-14-12-24(13-15-25)20(27)11-8-16-6-9-18(10-7-16)26(28)29/h3-11H,2,12-15H2,1H3/b11-8-. The molecule has 4 rings (SSSR count). The molecular formula is C22H22N4O3S. The Morgan fingerprint density at radius 3 is 2.57 bits per heavy atom. The molecular weight excluding hydrogens is 400 g/mol. The average Bonchev–Trinajstić information content (AvgIpc) is 3.22. The predicted octanol–water partition coefficient (Wildman–Crippen LogP) is 4.13. The molecule has 1 aliphatic rings.